The number of carbonyl (C=O) groups is 1. The highest BCUT2D eigenvalue weighted by Gasteiger charge is 2.19. The van der Waals surface area contributed by atoms with Gasteiger partial charge in [0.25, 0.3) is 5.91 Å². The van der Waals surface area contributed by atoms with Crippen LogP contribution in [0.3, 0.4) is 0 Å². The number of carbonyl (C=O) groups excluding carboxylic acids is 1. The molecule has 116 valence electrons. The Balaban J connectivity index is 1.69. The molecule has 0 saturated carbocycles. The average Bonchev–Trinajstić information content (AvgIpc) is 2.85. The molecule has 4 nitrogen and oxygen atoms in total. The van der Waals surface area contributed by atoms with Crippen molar-refractivity contribution >= 4 is 40.5 Å². The van der Waals surface area contributed by atoms with Gasteiger partial charge in [-0.3, -0.25) is 4.79 Å². The van der Waals surface area contributed by atoms with Crippen LogP contribution in [0.4, 0.5) is 0 Å². The summed E-state index contributed by atoms with van der Waals surface area (Å²) in [5, 5.41) is 0.971. The van der Waals surface area contributed by atoms with Crippen molar-refractivity contribution in [2.24, 2.45) is 10.7 Å². The molecule has 0 atom stereocenters. The van der Waals surface area contributed by atoms with E-state index < -0.39 is 0 Å². The van der Waals surface area contributed by atoms with Crippen LogP contribution in [0, 0.1) is 0 Å². The van der Waals surface area contributed by atoms with E-state index in [2.05, 4.69) is 4.99 Å². The lowest BCUT2D eigenvalue weighted by atomic mass is 10.2. The minimum atomic E-state index is -0.306. The minimum absolute atomic E-state index is 0.274. The van der Waals surface area contributed by atoms with Gasteiger partial charge in [0.2, 0.25) is 0 Å². The Morgan fingerprint density at radius 2 is 2.00 bits per heavy atom. The second-order valence-electron chi connectivity index (χ2n) is 4.85. The molecular formula is C17H13ClN2O2S. The number of rotatable bonds is 4. The van der Waals surface area contributed by atoms with Crippen LogP contribution >= 0.6 is 23.4 Å². The van der Waals surface area contributed by atoms with Gasteiger partial charge in [0.05, 0.1) is 4.91 Å². The molecule has 0 saturated heterocycles. The van der Waals surface area contributed by atoms with Gasteiger partial charge in [0.1, 0.15) is 12.4 Å². The fourth-order valence-electron chi connectivity index (χ4n) is 2.02. The van der Waals surface area contributed by atoms with Crippen LogP contribution < -0.4 is 10.5 Å². The standard InChI is InChI=1S/C17H13ClN2O2S/c18-13-6-4-11(5-7-13)10-22-14-3-1-2-12(8-14)9-15-16(21)20-17(19)23-15/h1-9H,10H2,(H2,19,20,21)/b15-9-. The van der Waals surface area contributed by atoms with E-state index in [1.165, 1.54) is 11.8 Å². The van der Waals surface area contributed by atoms with Crippen molar-refractivity contribution in [3.8, 4) is 5.75 Å². The number of hydrogen-bond acceptors (Lipinski definition) is 4. The van der Waals surface area contributed by atoms with Gasteiger partial charge in [-0.15, -0.1) is 0 Å². The Hall–Kier alpha value is -2.24. The molecule has 3 rings (SSSR count). The lowest BCUT2D eigenvalue weighted by Gasteiger charge is -2.07. The highest BCUT2D eigenvalue weighted by atomic mass is 35.5. The highest BCUT2D eigenvalue weighted by Crippen LogP contribution is 2.27. The largest absolute Gasteiger partial charge is 0.489 e. The molecule has 2 aromatic carbocycles. The van der Waals surface area contributed by atoms with Gasteiger partial charge >= 0.3 is 0 Å². The first-order valence-electron chi connectivity index (χ1n) is 6.85. The Morgan fingerprint density at radius 3 is 2.70 bits per heavy atom. The van der Waals surface area contributed by atoms with Gasteiger partial charge in [-0.2, -0.15) is 4.99 Å². The van der Waals surface area contributed by atoms with Crippen molar-refractivity contribution < 1.29 is 9.53 Å². The fraction of sp³-hybridized carbons (Fsp3) is 0.0588. The maximum Gasteiger partial charge on any atom is 0.286 e. The molecule has 23 heavy (non-hydrogen) atoms. The summed E-state index contributed by atoms with van der Waals surface area (Å²) in [7, 11) is 0. The minimum Gasteiger partial charge on any atom is -0.489 e. The monoisotopic (exact) mass is 344 g/mol. The average molecular weight is 345 g/mol. The maximum atomic E-state index is 11.6. The Bertz CT molecular complexity index is 800. The molecule has 2 aromatic rings. The summed E-state index contributed by atoms with van der Waals surface area (Å²) < 4.78 is 5.77. The van der Waals surface area contributed by atoms with Gasteiger partial charge in [-0.1, -0.05) is 35.9 Å². The first kappa shape index (κ1) is 15.6. The van der Waals surface area contributed by atoms with E-state index in [-0.39, 0.29) is 11.1 Å². The third kappa shape index (κ3) is 4.15. The molecule has 0 spiro atoms. The zero-order valence-electron chi connectivity index (χ0n) is 12.0. The van der Waals surface area contributed by atoms with E-state index in [4.69, 9.17) is 22.1 Å². The molecular weight excluding hydrogens is 332 g/mol. The molecule has 0 bridgehead atoms. The molecule has 0 aromatic heterocycles. The van der Waals surface area contributed by atoms with E-state index in [0.717, 1.165) is 16.9 Å². The quantitative estimate of drug-likeness (QED) is 0.856. The van der Waals surface area contributed by atoms with Crippen LogP contribution in [-0.4, -0.2) is 11.1 Å². The van der Waals surface area contributed by atoms with Crippen LogP contribution in [0.1, 0.15) is 11.1 Å². The zero-order valence-corrected chi connectivity index (χ0v) is 13.6. The van der Waals surface area contributed by atoms with Crippen molar-refractivity contribution in [2.75, 3.05) is 0 Å². The molecule has 1 amide bonds. The summed E-state index contributed by atoms with van der Waals surface area (Å²) in [5.41, 5.74) is 7.43. The summed E-state index contributed by atoms with van der Waals surface area (Å²) in [4.78, 5) is 15.8. The van der Waals surface area contributed by atoms with Gasteiger partial charge < -0.3 is 10.5 Å². The smallest absolute Gasteiger partial charge is 0.286 e. The molecule has 1 aliphatic rings. The van der Waals surface area contributed by atoms with Crippen LogP contribution in [0.15, 0.2) is 58.4 Å². The normalized spacial score (nSPS) is 15.8. The number of thioether (sulfide) groups is 1. The fourth-order valence-corrected chi connectivity index (χ4v) is 2.83. The first-order chi connectivity index (χ1) is 11.1. The number of benzene rings is 2. The van der Waals surface area contributed by atoms with Gasteiger partial charge in [0.15, 0.2) is 5.17 Å². The van der Waals surface area contributed by atoms with Gasteiger partial charge in [-0.05, 0) is 53.2 Å². The van der Waals surface area contributed by atoms with Crippen molar-refractivity contribution in [1.29, 1.82) is 0 Å². The van der Waals surface area contributed by atoms with Crippen LogP contribution in [0.25, 0.3) is 6.08 Å². The number of amidine groups is 1. The third-order valence-electron chi connectivity index (χ3n) is 3.11. The molecule has 2 N–H and O–H groups in total. The molecule has 0 unspecified atom stereocenters. The molecule has 0 fully saturated rings. The molecule has 1 aliphatic heterocycles. The summed E-state index contributed by atoms with van der Waals surface area (Å²) in [6.07, 6.45) is 1.76. The first-order valence-corrected chi connectivity index (χ1v) is 8.05. The summed E-state index contributed by atoms with van der Waals surface area (Å²) in [6, 6.07) is 15.0. The van der Waals surface area contributed by atoms with Crippen molar-refractivity contribution in [3.63, 3.8) is 0 Å². The van der Waals surface area contributed by atoms with E-state index >= 15 is 0 Å². The number of hydrogen-bond donors (Lipinski definition) is 1. The topological polar surface area (TPSA) is 64.7 Å². The number of nitrogens with zero attached hydrogens (tertiary/aromatic N) is 1. The summed E-state index contributed by atoms with van der Waals surface area (Å²) in [6.45, 7) is 0.445. The van der Waals surface area contributed by atoms with E-state index in [0.29, 0.717) is 16.5 Å². The highest BCUT2D eigenvalue weighted by molar-refractivity contribution is 8.18. The maximum absolute atomic E-state index is 11.6. The predicted molar refractivity (Wildman–Crippen MR) is 94.4 cm³/mol. The summed E-state index contributed by atoms with van der Waals surface area (Å²) in [5.74, 6) is 0.415. The third-order valence-corrected chi connectivity index (χ3v) is 4.18. The number of halogens is 1. The summed E-state index contributed by atoms with van der Waals surface area (Å²) >= 11 is 7.03. The number of nitrogens with two attached hydrogens (primary N) is 1. The Morgan fingerprint density at radius 1 is 1.22 bits per heavy atom. The van der Waals surface area contributed by atoms with Gasteiger partial charge in [-0.25, -0.2) is 0 Å². The Labute approximate surface area is 143 Å². The Kier molecular flexibility index (Phi) is 4.69. The van der Waals surface area contributed by atoms with E-state index in [1.807, 2.05) is 48.5 Å². The second-order valence-corrected chi connectivity index (χ2v) is 6.35. The predicted octanol–water partition coefficient (Wildman–Crippen LogP) is 3.85. The molecule has 0 radical (unpaired) electrons. The van der Waals surface area contributed by atoms with E-state index in [1.54, 1.807) is 6.08 Å². The lowest BCUT2D eigenvalue weighted by Crippen LogP contribution is -2.01. The van der Waals surface area contributed by atoms with Gasteiger partial charge in [0, 0.05) is 5.02 Å². The van der Waals surface area contributed by atoms with Crippen LogP contribution in [-0.2, 0) is 11.4 Å². The number of ether oxygens (including phenoxy) is 1. The van der Waals surface area contributed by atoms with Crippen molar-refractivity contribution in [3.05, 3.63) is 69.6 Å². The lowest BCUT2D eigenvalue weighted by molar-refractivity contribution is -0.113. The molecule has 0 aliphatic carbocycles. The second kappa shape index (κ2) is 6.89. The molecule has 6 heteroatoms. The van der Waals surface area contributed by atoms with Crippen molar-refractivity contribution in [2.45, 2.75) is 6.61 Å². The van der Waals surface area contributed by atoms with Crippen LogP contribution in [0.5, 0.6) is 5.75 Å². The zero-order chi connectivity index (χ0) is 16.2. The number of amides is 1. The van der Waals surface area contributed by atoms with E-state index in [9.17, 15) is 4.79 Å². The van der Waals surface area contributed by atoms with Crippen molar-refractivity contribution in [1.82, 2.24) is 0 Å². The SMILES string of the molecule is NC1=NC(=O)/C(=C/c2cccc(OCc3ccc(Cl)cc3)c2)S1. The number of aliphatic imine (C=N–C) groups is 1. The van der Waals surface area contributed by atoms with Crippen LogP contribution in [0.2, 0.25) is 5.02 Å². The molecule has 1 heterocycles.